The van der Waals surface area contributed by atoms with Gasteiger partial charge in [-0.3, -0.25) is 4.79 Å². The highest BCUT2D eigenvalue weighted by Crippen LogP contribution is 2.27. The first-order valence-corrected chi connectivity index (χ1v) is 6.18. The van der Waals surface area contributed by atoms with Crippen LogP contribution in [0.5, 0.6) is 5.75 Å². The molecular weight excluding hydrogens is 297 g/mol. The SMILES string of the molecule is O=C(NN=C(c1ccccc1O)C(F)(F)F)c1ccccc1. The second-order valence-corrected chi connectivity index (χ2v) is 4.28. The maximum Gasteiger partial charge on any atom is 0.435 e. The van der Waals surface area contributed by atoms with Crippen LogP contribution in [0.4, 0.5) is 13.2 Å². The summed E-state index contributed by atoms with van der Waals surface area (Å²) in [5.41, 5.74) is 0.130. The van der Waals surface area contributed by atoms with Crippen LogP contribution in [0.15, 0.2) is 59.7 Å². The van der Waals surface area contributed by atoms with Gasteiger partial charge in [-0.2, -0.15) is 18.3 Å². The number of amides is 1. The lowest BCUT2D eigenvalue weighted by Crippen LogP contribution is -2.29. The number of phenols is 1. The molecule has 4 nitrogen and oxygen atoms in total. The molecule has 0 atom stereocenters. The maximum absolute atomic E-state index is 13.0. The monoisotopic (exact) mass is 308 g/mol. The summed E-state index contributed by atoms with van der Waals surface area (Å²) in [5.74, 6) is -1.36. The molecule has 0 bridgehead atoms. The zero-order chi connectivity index (χ0) is 16.2. The summed E-state index contributed by atoms with van der Waals surface area (Å²) < 4.78 is 39.1. The van der Waals surface area contributed by atoms with E-state index in [-0.39, 0.29) is 5.56 Å². The molecule has 0 unspecified atom stereocenters. The van der Waals surface area contributed by atoms with Crippen molar-refractivity contribution in [1.29, 1.82) is 0 Å². The average molecular weight is 308 g/mol. The van der Waals surface area contributed by atoms with E-state index in [4.69, 9.17) is 0 Å². The number of hydrogen-bond donors (Lipinski definition) is 2. The molecule has 0 radical (unpaired) electrons. The van der Waals surface area contributed by atoms with Gasteiger partial charge in [0.1, 0.15) is 5.75 Å². The number of hydrogen-bond acceptors (Lipinski definition) is 3. The Hall–Kier alpha value is -2.83. The van der Waals surface area contributed by atoms with E-state index in [1.165, 1.54) is 24.3 Å². The molecular formula is C15H11F3N2O2. The Bertz CT molecular complexity index is 697. The Labute approximate surface area is 123 Å². The van der Waals surface area contributed by atoms with Gasteiger partial charge < -0.3 is 5.11 Å². The fraction of sp³-hybridized carbons (Fsp3) is 0.0667. The lowest BCUT2D eigenvalue weighted by atomic mass is 10.1. The first-order valence-electron chi connectivity index (χ1n) is 6.18. The molecule has 22 heavy (non-hydrogen) atoms. The first-order chi connectivity index (χ1) is 10.4. The molecule has 0 aliphatic rings. The number of hydrazone groups is 1. The standard InChI is InChI=1S/C15H11F3N2O2/c16-15(17,18)13(11-8-4-5-9-12(11)21)19-20-14(22)10-6-2-1-3-7-10/h1-9,21H,(H,20,22). The number of benzene rings is 2. The quantitative estimate of drug-likeness (QED) is 0.676. The van der Waals surface area contributed by atoms with Gasteiger partial charge in [-0.25, -0.2) is 5.43 Å². The molecule has 1 amide bonds. The highest BCUT2D eigenvalue weighted by atomic mass is 19.4. The van der Waals surface area contributed by atoms with Crippen molar-refractivity contribution in [2.45, 2.75) is 6.18 Å². The van der Waals surface area contributed by atoms with Crippen LogP contribution in [0.3, 0.4) is 0 Å². The number of nitrogens with one attached hydrogen (secondary N) is 1. The van der Waals surface area contributed by atoms with E-state index in [0.29, 0.717) is 0 Å². The van der Waals surface area contributed by atoms with Crippen molar-refractivity contribution < 1.29 is 23.1 Å². The topological polar surface area (TPSA) is 61.7 Å². The molecule has 0 fully saturated rings. The van der Waals surface area contributed by atoms with Crippen LogP contribution >= 0.6 is 0 Å². The van der Waals surface area contributed by atoms with Crippen LogP contribution in [-0.2, 0) is 0 Å². The van der Waals surface area contributed by atoms with Crippen molar-refractivity contribution in [3.05, 3.63) is 65.7 Å². The second kappa shape index (κ2) is 6.30. The minimum atomic E-state index is -4.83. The summed E-state index contributed by atoms with van der Waals surface area (Å²) in [6.07, 6.45) is -4.83. The van der Waals surface area contributed by atoms with Gasteiger partial charge in [0.25, 0.3) is 5.91 Å². The Morgan fingerprint density at radius 3 is 2.18 bits per heavy atom. The van der Waals surface area contributed by atoms with Crippen LogP contribution in [0.2, 0.25) is 0 Å². The fourth-order valence-corrected chi connectivity index (χ4v) is 1.71. The molecule has 7 heteroatoms. The number of aromatic hydroxyl groups is 1. The van der Waals surface area contributed by atoms with Gasteiger partial charge in [0, 0.05) is 11.1 Å². The van der Waals surface area contributed by atoms with Crippen LogP contribution in [0.1, 0.15) is 15.9 Å². The van der Waals surface area contributed by atoms with Crippen LogP contribution < -0.4 is 5.43 Å². The number of halogens is 3. The highest BCUT2D eigenvalue weighted by Gasteiger charge is 2.38. The fourth-order valence-electron chi connectivity index (χ4n) is 1.71. The number of rotatable bonds is 3. The van der Waals surface area contributed by atoms with Gasteiger partial charge in [0.2, 0.25) is 0 Å². The average Bonchev–Trinajstić information content (AvgIpc) is 2.48. The number of alkyl halides is 3. The first kappa shape index (κ1) is 15.6. The van der Waals surface area contributed by atoms with E-state index in [0.717, 1.165) is 12.1 Å². The van der Waals surface area contributed by atoms with Crippen LogP contribution in [0, 0.1) is 0 Å². The van der Waals surface area contributed by atoms with E-state index in [1.54, 1.807) is 18.2 Å². The van der Waals surface area contributed by atoms with E-state index in [9.17, 15) is 23.1 Å². The van der Waals surface area contributed by atoms with E-state index in [1.807, 2.05) is 5.43 Å². The normalized spacial score (nSPS) is 12.0. The van der Waals surface area contributed by atoms with E-state index in [2.05, 4.69) is 5.10 Å². The molecule has 2 N–H and O–H groups in total. The molecule has 0 aromatic heterocycles. The Kier molecular flexibility index (Phi) is 4.45. The maximum atomic E-state index is 13.0. The summed E-state index contributed by atoms with van der Waals surface area (Å²) in [4.78, 5) is 11.7. The lowest BCUT2D eigenvalue weighted by molar-refractivity contribution is -0.0584. The van der Waals surface area contributed by atoms with Crippen molar-refractivity contribution in [3.8, 4) is 5.75 Å². The summed E-state index contributed by atoms with van der Waals surface area (Å²) in [7, 11) is 0. The van der Waals surface area contributed by atoms with Gasteiger partial charge in [0.15, 0.2) is 5.71 Å². The molecule has 0 spiro atoms. The molecule has 0 saturated carbocycles. The predicted molar refractivity (Wildman–Crippen MR) is 74.6 cm³/mol. The van der Waals surface area contributed by atoms with Crippen LogP contribution in [-0.4, -0.2) is 22.9 Å². The summed E-state index contributed by atoms with van der Waals surface area (Å²) in [6, 6.07) is 12.6. The minimum Gasteiger partial charge on any atom is -0.507 e. The zero-order valence-electron chi connectivity index (χ0n) is 11.1. The summed E-state index contributed by atoms with van der Waals surface area (Å²) in [6.45, 7) is 0. The molecule has 0 aliphatic carbocycles. The van der Waals surface area contributed by atoms with Crippen molar-refractivity contribution in [1.82, 2.24) is 5.43 Å². The Morgan fingerprint density at radius 2 is 1.59 bits per heavy atom. The predicted octanol–water partition coefficient (Wildman–Crippen LogP) is 3.09. The molecule has 2 aromatic carbocycles. The number of carbonyl (C=O) groups is 1. The Morgan fingerprint density at radius 1 is 1.00 bits per heavy atom. The lowest BCUT2D eigenvalue weighted by Gasteiger charge is -2.12. The van der Waals surface area contributed by atoms with E-state index < -0.39 is 29.1 Å². The van der Waals surface area contributed by atoms with Crippen molar-refractivity contribution >= 4 is 11.6 Å². The molecule has 0 aliphatic heterocycles. The molecule has 2 aromatic rings. The molecule has 2 rings (SSSR count). The van der Waals surface area contributed by atoms with Crippen molar-refractivity contribution in [3.63, 3.8) is 0 Å². The minimum absolute atomic E-state index is 0.171. The number of carbonyl (C=O) groups excluding carboxylic acids is 1. The number of para-hydroxylation sites is 1. The van der Waals surface area contributed by atoms with E-state index >= 15 is 0 Å². The van der Waals surface area contributed by atoms with Crippen molar-refractivity contribution in [2.24, 2.45) is 5.10 Å². The zero-order valence-corrected chi connectivity index (χ0v) is 11.1. The summed E-state index contributed by atoms with van der Waals surface area (Å²) >= 11 is 0. The number of phenolic OH excluding ortho intramolecular Hbond substituents is 1. The third-order valence-corrected chi connectivity index (χ3v) is 2.73. The highest BCUT2D eigenvalue weighted by molar-refractivity contribution is 6.07. The van der Waals surface area contributed by atoms with Gasteiger partial charge in [-0.15, -0.1) is 0 Å². The largest absolute Gasteiger partial charge is 0.507 e. The smallest absolute Gasteiger partial charge is 0.435 e. The molecule has 0 heterocycles. The molecule has 114 valence electrons. The Balaban J connectivity index is 2.31. The molecule has 0 saturated heterocycles. The second-order valence-electron chi connectivity index (χ2n) is 4.28. The van der Waals surface area contributed by atoms with Crippen molar-refractivity contribution in [2.75, 3.05) is 0 Å². The third kappa shape index (κ3) is 3.63. The number of nitrogens with zero attached hydrogens (tertiary/aromatic N) is 1. The van der Waals surface area contributed by atoms with Gasteiger partial charge in [-0.1, -0.05) is 30.3 Å². The van der Waals surface area contributed by atoms with Gasteiger partial charge in [0.05, 0.1) is 0 Å². The third-order valence-electron chi connectivity index (χ3n) is 2.73. The van der Waals surface area contributed by atoms with Gasteiger partial charge in [-0.05, 0) is 24.3 Å². The van der Waals surface area contributed by atoms with Crippen LogP contribution in [0.25, 0.3) is 0 Å². The summed E-state index contributed by atoms with van der Waals surface area (Å²) in [5, 5.41) is 12.7. The van der Waals surface area contributed by atoms with Gasteiger partial charge >= 0.3 is 6.18 Å².